The summed E-state index contributed by atoms with van der Waals surface area (Å²) >= 11 is 0. The highest BCUT2D eigenvalue weighted by molar-refractivity contribution is 5.74. The smallest absolute Gasteiger partial charge is 0.00581 e. The molecule has 0 radical (unpaired) electrons. The Kier molecular flexibility index (Phi) is 2.28. The molecule has 0 fully saturated rings. The number of hydrogen-bond donors (Lipinski definition) is 0. The number of allylic oxidation sites excluding steroid dienone is 4. The SMILES string of the molecule is CC1=C(C)CC(c2cccc(C)c2)=C1. The summed E-state index contributed by atoms with van der Waals surface area (Å²) < 4.78 is 0. The van der Waals surface area contributed by atoms with E-state index in [1.165, 1.54) is 27.8 Å². The largest absolute Gasteiger partial charge is 0.0660 e. The molecule has 0 nitrogen and oxygen atoms in total. The van der Waals surface area contributed by atoms with Crippen molar-refractivity contribution in [3.05, 3.63) is 52.6 Å². The van der Waals surface area contributed by atoms with E-state index < -0.39 is 0 Å². The molecular weight excluding hydrogens is 168 g/mol. The summed E-state index contributed by atoms with van der Waals surface area (Å²) in [7, 11) is 0. The molecule has 0 aromatic heterocycles. The van der Waals surface area contributed by atoms with Gasteiger partial charge in [-0.05, 0) is 38.3 Å². The van der Waals surface area contributed by atoms with Gasteiger partial charge in [0.05, 0.1) is 0 Å². The Morgan fingerprint density at radius 3 is 2.43 bits per heavy atom. The van der Waals surface area contributed by atoms with Crippen LogP contribution in [0.1, 0.15) is 31.4 Å². The second-order valence-electron chi connectivity index (χ2n) is 4.18. The van der Waals surface area contributed by atoms with Gasteiger partial charge in [-0.2, -0.15) is 0 Å². The first-order valence-corrected chi connectivity index (χ1v) is 5.11. The van der Waals surface area contributed by atoms with Gasteiger partial charge >= 0.3 is 0 Å². The Bertz CT molecular complexity index is 419. The topological polar surface area (TPSA) is 0 Å². The molecular formula is C14H16. The molecule has 2 rings (SSSR count). The minimum Gasteiger partial charge on any atom is -0.0660 e. The highest BCUT2D eigenvalue weighted by Crippen LogP contribution is 2.31. The molecule has 0 bridgehead atoms. The molecule has 0 N–H and O–H groups in total. The van der Waals surface area contributed by atoms with Crippen molar-refractivity contribution >= 4 is 5.57 Å². The monoisotopic (exact) mass is 184 g/mol. The van der Waals surface area contributed by atoms with Crippen LogP contribution in [0.2, 0.25) is 0 Å². The molecule has 0 saturated heterocycles. The molecule has 0 heteroatoms. The molecule has 1 aliphatic rings. The Labute approximate surface area is 86.0 Å². The summed E-state index contributed by atoms with van der Waals surface area (Å²) in [5, 5.41) is 0. The van der Waals surface area contributed by atoms with Crippen molar-refractivity contribution in [2.45, 2.75) is 27.2 Å². The molecule has 14 heavy (non-hydrogen) atoms. The van der Waals surface area contributed by atoms with Crippen molar-refractivity contribution in [2.75, 3.05) is 0 Å². The van der Waals surface area contributed by atoms with E-state index in [0.717, 1.165) is 6.42 Å². The second kappa shape index (κ2) is 3.45. The van der Waals surface area contributed by atoms with Crippen LogP contribution in [0.3, 0.4) is 0 Å². The van der Waals surface area contributed by atoms with Crippen molar-refractivity contribution in [2.24, 2.45) is 0 Å². The lowest BCUT2D eigenvalue weighted by molar-refractivity contribution is 1.22. The van der Waals surface area contributed by atoms with Gasteiger partial charge in [-0.15, -0.1) is 0 Å². The van der Waals surface area contributed by atoms with Crippen molar-refractivity contribution in [1.82, 2.24) is 0 Å². The van der Waals surface area contributed by atoms with Gasteiger partial charge in [0.2, 0.25) is 0 Å². The molecule has 0 atom stereocenters. The second-order valence-corrected chi connectivity index (χ2v) is 4.18. The molecule has 0 saturated carbocycles. The number of rotatable bonds is 1. The highest BCUT2D eigenvalue weighted by Gasteiger charge is 2.10. The minimum absolute atomic E-state index is 1.12. The van der Waals surface area contributed by atoms with E-state index >= 15 is 0 Å². The van der Waals surface area contributed by atoms with Gasteiger partial charge in [-0.25, -0.2) is 0 Å². The molecule has 0 heterocycles. The quantitative estimate of drug-likeness (QED) is 0.616. The summed E-state index contributed by atoms with van der Waals surface area (Å²) in [5.41, 5.74) is 7.11. The van der Waals surface area contributed by atoms with Gasteiger partial charge < -0.3 is 0 Å². The van der Waals surface area contributed by atoms with Crippen LogP contribution in [0.5, 0.6) is 0 Å². The number of hydrogen-bond acceptors (Lipinski definition) is 0. The fourth-order valence-corrected chi connectivity index (χ4v) is 1.89. The zero-order chi connectivity index (χ0) is 10.1. The average Bonchev–Trinajstić information content (AvgIpc) is 2.47. The van der Waals surface area contributed by atoms with Crippen LogP contribution in [-0.2, 0) is 0 Å². The maximum atomic E-state index is 2.31. The van der Waals surface area contributed by atoms with Crippen LogP contribution in [-0.4, -0.2) is 0 Å². The summed E-state index contributed by atoms with van der Waals surface area (Å²) in [6, 6.07) is 8.74. The summed E-state index contributed by atoms with van der Waals surface area (Å²) in [6.07, 6.45) is 3.43. The summed E-state index contributed by atoms with van der Waals surface area (Å²) in [6.45, 7) is 6.55. The van der Waals surface area contributed by atoms with Crippen LogP contribution in [0.4, 0.5) is 0 Å². The van der Waals surface area contributed by atoms with Gasteiger partial charge in [-0.1, -0.05) is 47.1 Å². The van der Waals surface area contributed by atoms with E-state index in [9.17, 15) is 0 Å². The first-order chi connectivity index (χ1) is 6.66. The van der Waals surface area contributed by atoms with Crippen molar-refractivity contribution < 1.29 is 0 Å². The predicted octanol–water partition coefficient (Wildman–Crippen LogP) is 4.12. The maximum absolute atomic E-state index is 2.31. The van der Waals surface area contributed by atoms with E-state index in [4.69, 9.17) is 0 Å². The van der Waals surface area contributed by atoms with Crippen LogP contribution >= 0.6 is 0 Å². The van der Waals surface area contributed by atoms with Crippen LogP contribution in [0, 0.1) is 6.92 Å². The van der Waals surface area contributed by atoms with E-state index in [-0.39, 0.29) is 0 Å². The van der Waals surface area contributed by atoms with Crippen LogP contribution in [0.15, 0.2) is 41.5 Å². The van der Waals surface area contributed by atoms with Crippen molar-refractivity contribution in [1.29, 1.82) is 0 Å². The first-order valence-electron chi connectivity index (χ1n) is 5.11. The molecule has 0 aliphatic heterocycles. The third-order valence-electron chi connectivity index (χ3n) is 2.91. The Hall–Kier alpha value is -1.30. The molecule has 1 aliphatic carbocycles. The standard InChI is InChI=1S/C14H16/c1-10-5-4-6-13(7-10)14-8-11(2)12(3)9-14/h4-8H,9H2,1-3H3. The lowest BCUT2D eigenvalue weighted by Crippen LogP contribution is -1.82. The highest BCUT2D eigenvalue weighted by atomic mass is 14.2. The average molecular weight is 184 g/mol. The molecule has 1 aromatic rings. The van der Waals surface area contributed by atoms with E-state index in [2.05, 4.69) is 51.1 Å². The van der Waals surface area contributed by atoms with Crippen LogP contribution in [0.25, 0.3) is 5.57 Å². The van der Waals surface area contributed by atoms with Gasteiger partial charge in [0.15, 0.2) is 0 Å². The van der Waals surface area contributed by atoms with Gasteiger partial charge in [0.1, 0.15) is 0 Å². The fourth-order valence-electron chi connectivity index (χ4n) is 1.89. The summed E-state index contributed by atoms with van der Waals surface area (Å²) in [5.74, 6) is 0. The van der Waals surface area contributed by atoms with Crippen LogP contribution < -0.4 is 0 Å². The van der Waals surface area contributed by atoms with E-state index in [0.29, 0.717) is 0 Å². The van der Waals surface area contributed by atoms with Gasteiger partial charge in [-0.3, -0.25) is 0 Å². The zero-order valence-corrected chi connectivity index (χ0v) is 9.09. The molecule has 1 aromatic carbocycles. The summed E-state index contributed by atoms with van der Waals surface area (Å²) in [4.78, 5) is 0. The lowest BCUT2D eigenvalue weighted by atomic mass is 10.0. The van der Waals surface area contributed by atoms with Gasteiger partial charge in [0, 0.05) is 0 Å². The molecule has 0 amide bonds. The zero-order valence-electron chi connectivity index (χ0n) is 9.09. The Balaban J connectivity index is 2.32. The minimum atomic E-state index is 1.12. The molecule has 72 valence electrons. The van der Waals surface area contributed by atoms with Crippen molar-refractivity contribution in [3.8, 4) is 0 Å². The van der Waals surface area contributed by atoms with E-state index in [1.54, 1.807) is 0 Å². The third-order valence-corrected chi connectivity index (χ3v) is 2.91. The first kappa shape index (κ1) is 9.26. The van der Waals surface area contributed by atoms with E-state index in [1.807, 2.05) is 0 Å². The fraction of sp³-hybridized carbons (Fsp3) is 0.286. The molecule has 0 unspecified atom stereocenters. The van der Waals surface area contributed by atoms with Crippen molar-refractivity contribution in [3.63, 3.8) is 0 Å². The maximum Gasteiger partial charge on any atom is -0.00581 e. The molecule has 0 spiro atoms. The number of benzene rings is 1. The lowest BCUT2D eigenvalue weighted by Gasteiger charge is -2.03. The van der Waals surface area contributed by atoms with Gasteiger partial charge in [0.25, 0.3) is 0 Å². The third kappa shape index (κ3) is 1.65. The predicted molar refractivity (Wildman–Crippen MR) is 62.1 cm³/mol. The Morgan fingerprint density at radius 1 is 1.07 bits per heavy atom. The normalized spacial score (nSPS) is 16.1. The Morgan fingerprint density at radius 2 is 1.86 bits per heavy atom. The number of aryl methyl sites for hydroxylation is 1.